The molecule has 5 nitrogen and oxygen atoms in total. The first-order valence-corrected chi connectivity index (χ1v) is 25.4. The van der Waals surface area contributed by atoms with E-state index in [1.54, 1.807) is 17.9 Å². The van der Waals surface area contributed by atoms with Crippen LogP contribution in [0.15, 0.2) is 34.8 Å². The summed E-state index contributed by atoms with van der Waals surface area (Å²) in [5, 5.41) is 10.6. The van der Waals surface area contributed by atoms with Crippen LogP contribution in [0, 0.1) is 46.3 Å². The van der Waals surface area contributed by atoms with Gasteiger partial charge in [0.1, 0.15) is 17.6 Å². The SMILES string of the molecule is CCCCCCCCCCCCCCCCN=Cc1ccc(OCCCC(=O)O[C@H]2CC[C@@]3(C)C(=CC[C@H]4[C@@H]5CC[C@H]([C@H](C)CCCC(C)C)[C@@]5(C)CC[C@@H]43)C2)cc1O. The van der Waals surface area contributed by atoms with Crippen LogP contribution < -0.4 is 4.74 Å². The Hall–Kier alpha value is -2.30. The van der Waals surface area contributed by atoms with E-state index in [4.69, 9.17) is 9.47 Å². The van der Waals surface area contributed by atoms with Crippen molar-refractivity contribution in [2.45, 2.75) is 221 Å². The van der Waals surface area contributed by atoms with E-state index in [-0.39, 0.29) is 23.2 Å². The number of benzene rings is 1. The van der Waals surface area contributed by atoms with Crippen molar-refractivity contribution in [3.05, 3.63) is 35.4 Å². The lowest BCUT2D eigenvalue weighted by Crippen LogP contribution is -2.51. The molecule has 0 aliphatic heterocycles. The molecule has 4 aliphatic carbocycles. The Morgan fingerprint density at radius 1 is 0.831 bits per heavy atom. The molecule has 0 amide bonds. The number of carbonyl (C=O) groups is 1. The van der Waals surface area contributed by atoms with Crippen LogP contribution in [0.1, 0.15) is 220 Å². The van der Waals surface area contributed by atoms with E-state index in [0.717, 1.165) is 67.7 Å². The smallest absolute Gasteiger partial charge is 0.306 e. The fourth-order valence-electron chi connectivity index (χ4n) is 12.7. The van der Waals surface area contributed by atoms with Gasteiger partial charge < -0.3 is 14.6 Å². The molecule has 1 aromatic rings. The van der Waals surface area contributed by atoms with Crippen molar-refractivity contribution in [3.63, 3.8) is 0 Å². The Morgan fingerprint density at radius 2 is 1.53 bits per heavy atom. The first-order valence-electron chi connectivity index (χ1n) is 25.4. The molecule has 5 rings (SSSR count). The molecule has 1 N–H and O–H groups in total. The Bertz CT molecular complexity index is 1450. The zero-order chi connectivity index (χ0) is 42.1. The molecule has 59 heavy (non-hydrogen) atoms. The second kappa shape index (κ2) is 24.4. The van der Waals surface area contributed by atoms with Crippen molar-refractivity contribution < 1.29 is 19.4 Å². The van der Waals surface area contributed by atoms with Crippen LogP contribution in [-0.2, 0) is 9.53 Å². The van der Waals surface area contributed by atoms with Gasteiger partial charge in [0.25, 0.3) is 0 Å². The number of phenols is 1. The van der Waals surface area contributed by atoms with Gasteiger partial charge in [-0.3, -0.25) is 9.79 Å². The lowest BCUT2D eigenvalue weighted by molar-refractivity contribution is -0.151. The number of ether oxygens (including phenoxy) is 2. The quantitative estimate of drug-likeness (QED) is 0.0416. The summed E-state index contributed by atoms with van der Waals surface area (Å²) in [6.45, 7) is 16.0. The average molecular weight is 816 g/mol. The first kappa shape index (κ1) is 47.7. The lowest BCUT2D eigenvalue weighted by Gasteiger charge is -2.58. The molecule has 0 unspecified atom stereocenters. The number of esters is 1. The summed E-state index contributed by atoms with van der Waals surface area (Å²) in [5.74, 6) is 5.71. The summed E-state index contributed by atoms with van der Waals surface area (Å²) < 4.78 is 12.0. The average Bonchev–Trinajstić information content (AvgIpc) is 3.57. The van der Waals surface area contributed by atoms with E-state index < -0.39 is 0 Å². The van der Waals surface area contributed by atoms with Gasteiger partial charge in [0.15, 0.2) is 0 Å². The third-order valence-electron chi connectivity index (χ3n) is 16.2. The maximum absolute atomic E-state index is 13.0. The largest absolute Gasteiger partial charge is 0.507 e. The van der Waals surface area contributed by atoms with Crippen molar-refractivity contribution in [1.82, 2.24) is 0 Å². The van der Waals surface area contributed by atoms with Crippen LogP contribution >= 0.6 is 0 Å². The normalized spacial score (nSPS) is 28.3. The number of rotatable bonds is 27. The van der Waals surface area contributed by atoms with E-state index >= 15 is 0 Å². The molecular formula is C54H89NO4. The fourth-order valence-corrected chi connectivity index (χ4v) is 12.7. The van der Waals surface area contributed by atoms with Crippen molar-refractivity contribution in [2.24, 2.45) is 51.3 Å². The van der Waals surface area contributed by atoms with Crippen LogP contribution in [-0.4, -0.2) is 36.5 Å². The summed E-state index contributed by atoms with van der Waals surface area (Å²) >= 11 is 0. The van der Waals surface area contributed by atoms with Crippen molar-refractivity contribution >= 4 is 12.2 Å². The molecule has 8 atom stereocenters. The number of carbonyl (C=O) groups excluding carboxylic acids is 1. The van der Waals surface area contributed by atoms with Crippen LogP contribution in [0.2, 0.25) is 0 Å². The highest BCUT2D eigenvalue weighted by molar-refractivity contribution is 5.83. The third-order valence-corrected chi connectivity index (χ3v) is 16.2. The van der Waals surface area contributed by atoms with Crippen molar-refractivity contribution in [2.75, 3.05) is 13.2 Å². The number of aromatic hydroxyl groups is 1. The Kier molecular flexibility index (Phi) is 19.7. The number of nitrogens with zero attached hydrogens (tertiary/aromatic N) is 1. The lowest BCUT2D eigenvalue weighted by atomic mass is 9.47. The minimum Gasteiger partial charge on any atom is -0.507 e. The standard InChI is InChI=1S/C54H89NO4/c1-7-8-9-10-11-12-13-14-15-16-17-18-19-20-36-55-40-43-26-28-45(39-51(43)56)58-37-22-25-52(57)59-46-32-34-53(5)44(38-46)27-29-47-49-31-30-48(42(4)24-21-23-41(2)3)54(49,6)35-33-50(47)53/h26-28,39-42,46-50,56H,7-25,29-38H2,1-6H3/t42-,46+,47+,48-,49+,50+,53+,54-/m1/s1. The van der Waals surface area contributed by atoms with Gasteiger partial charge in [-0.15, -0.1) is 0 Å². The highest BCUT2D eigenvalue weighted by Gasteiger charge is 2.59. The van der Waals surface area contributed by atoms with Crippen molar-refractivity contribution in [1.29, 1.82) is 0 Å². The first-order chi connectivity index (χ1) is 28.5. The second-order valence-electron chi connectivity index (χ2n) is 20.9. The molecule has 0 bridgehead atoms. The number of aliphatic imine (C=N–C) groups is 1. The van der Waals surface area contributed by atoms with Gasteiger partial charge in [-0.05, 0) is 116 Å². The van der Waals surface area contributed by atoms with Gasteiger partial charge >= 0.3 is 5.97 Å². The number of unbranched alkanes of at least 4 members (excludes halogenated alkanes) is 13. The van der Waals surface area contributed by atoms with E-state index in [1.807, 2.05) is 12.1 Å². The molecule has 0 radical (unpaired) electrons. The molecule has 334 valence electrons. The Morgan fingerprint density at radius 3 is 2.20 bits per heavy atom. The van der Waals surface area contributed by atoms with Gasteiger partial charge in [0.2, 0.25) is 0 Å². The van der Waals surface area contributed by atoms with Gasteiger partial charge in [0, 0.05) is 37.2 Å². The van der Waals surface area contributed by atoms with Gasteiger partial charge in [-0.2, -0.15) is 0 Å². The van der Waals surface area contributed by atoms with Gasteiger partial charge in [-0.25, -0.2) is 0 Å². The maximum Gasteiger partial charge on any atom is 0.306 e. The maximum atomic E-state index is 13.0. The minimum absolute atomic E-state index is 0.00349. The highest BCUT2D eigenvalue weighted by atomic mass is 16.5. The predicted octanol–water partition coefficient (Wildman–Crippen LogP) is 15.4. The van der Waals surface area contributed by atoms with E-state index in [2.05, 4.69) is 52.6 Å². The molecule has 3 fully saturated rings. The second-order valence-corrected chi connectivity index (χ2v) is 20.9. The molecule has 1 aromatic carbocycles. The van der Waals surface area contributed by atoms with Crippen molar-refractivity contribution in [3.8, 4) is 11.5 Å². The van der Waals surface area contributed by atoms with Crippen LogP contribution in [0.25, 0.3) is 0 Å². The van der Waals surface area contributed by atoms with Gasteiger partial charge in [-0.1, -0.05) is 156 Å². The molecule has 0 spiro atoms. The predicted molar refractivity (Wildman–Crippen MR) is 249 cm³/mol. The summed E-state index contributed by atoms with van der Waals surface area (Å²) in [6, 6.07) is 5.39. The molecule has 0 heterocycles. The van der Waals surface area contributed by atoms with Crippen LogP contribution in [0.5, 0.6) is 11.5 Å². The number of fused-ring (bicyclic) bond motifs is 5. The zero-order valence-corrected chi connectivity index (χ0v) is 39.1. The van der Waals surface area contributed by atoms with Crippen LogP contribution in [0.3, 0.4) is 0 Å². The molecule has 0 aromatic heterocycles. The Labute approximate surface area is 362 Å². The molecule has 5 heteroatoms. The number of hydrogen-bond donors (Lipinski definition) is 1. The summed E-state index contributed by atoms with van der Waals surface area (Å²) in [6.07, 6.45) is 38.3. The molecule has 0 saturated heterocycles. The molecular weight excluding hydrogens is 727 g/mol. The zero-order valence-electron chi connectivity index (χ0n) is 39.1. The van der Waals surface area contributed by atoms with E-state index in [9.17, 15) is 9.90 Å². The van der Waals surface area contributed by atoms with Gasteiger partial charge in [0.05, 0.1) is 6.61 Å². The topological polar surface area (TPSA) is 68.1 Å². The summed E-state index contributed by atoms with van der Waals surface area (Å²) in [4.78, 5) is 17.5. The fraction of sp³-hybridized carbons (Fsp3) is 0.815. The van der Waals surface area contributed by atoms with Crippen LogP contribution in [0.4, 0.5) is 0 Å². The number of allylic oxidation sites excluding steroid dienone is 1. The number of phenolic OH excluding ortho intramolecular Hbond substituents is 1. The van der Waals surface area contributed by atoms with E-state index in [0.29, 0.717) is 36.2 Å². The molecule has 4 aliphatic rings. The highest BCUT2D eigenvalue weighted by Crippen LogP contribution is 2.67. The Balaban J connectivity index is 0.933. The van der Waals surface area contributed by atoms with E-state index in [1.165, 1.54) is 135 Å². The summed E-state index contributed by atoms with van der Waals surface area (Å²) in [7, 11) is 0. The number of hydrogen-bond acceptors (Lipinski definition) is 5. The third kappa shape index (κ3) is 13.8. The monoisotopic (exact) mass is 816 g/mol. The summed E-state index contributed by atoms with van der Waals surface area (Å²) in [5.41, 5.74) is 3.07. The minimum atomic E-state index is -0.113. The molecule has 3 saturated carbocycles.